The van der Waals surface area contributed by atoms with Crippen molar-refractivity contribution in [1.82, 2.24) is 5.32 Å². The Morgan fingerprint density at radius 2 is 2.31 bits per heavy atom. The normalized spacial score (nSPS) is 10.1. The van der Waals surface area contributed by atoms with Gasteiger partial charge in [0, 0.05) is 35.6 Å². The summed E-state index contributed by atoms with van der Waals surface area (Å²) in [6.45, 7) is 0.184. The molecule has 0 bridgehead atoms. The van der Waals surface area contributed by atoms with Crippen LogP contribution in [0.3, 0.4) is 0 Å². The molecule has 0 aliphatic heterocycles. The standard InChI is InChI=1S/C11H16N2O2S/c1-13-11(15)8-3-4-10(9(12)7-8)16-6-2-5-14/h3-4,7,14H,2,5-6,12H2,1H3,(H,13,15). The predicted octanol–water partition coefficient (Wildman–Crippen LogP) is 1.10. The Labute approximate surface area is 99.2 Å². The van der Waals surface area contributed by atoms with E-state index >= 15 is 0 Å². The molecule has 88 valence electrons. The number of hydrogen-bond acceptors (Lipinski definition) is 4. The van der Waals surface area contributed by atoms with Crippen LogP contribution in [0.2, 0.25) is 0 Å². The third-order valence-electron chi connectivity index (χ3n) is 2.06. The number of amides is 1. The molecule has 0 radical (unpaired) electrons. The SMILES string of the molecule is CNC(=O)c1ccc(SCCCO)c(N)c1. The number of anilines is 1. The number of thioether (sulfide) groups is 1. The highest BCUT2D eigenvalue weighted by Gasteiger charge is 2.06. The molecule has 1 rings (SSSR count). The van der Waals surface area contributed by atoms with Crippen LogP contribution >= 0.6 is 11.8 Å². The maximum absolute atomic E-state index is 11.3. The van der Waals surface area contributed by atoms with Gasteiger partial charge in [0.15, 0.2) is 0 Å². The smallest absolute Gasteiger partial charge is 0.251 e. The molecule has 0 saturated carbocycles. The van der Waals surface area contributed by atoms with Gasteiger partial charge in [-0.05, 0) is 24.6 Å². The van der Waals surface area contributed by atoms with Crippen LogP contribution in [0.4, 0.5) is 5.69 Å². The molecule has 1 aromatic carbocycles. The van der Waals surface area contributed by atoms with Crippen molar-refractivity contribution in [3.63, 3.8) is 0 Å². The van der Waals surface area contributed by atoms with Crippen LogP contribution in [-0.4, -0.2) is 30.4 Å². The molecule has 0 aliphatic carbocycles. The highest BCUT2D eigenvalue weighted by Crippen LogP contribution is 2.26. The number of nitrogen functional groups attached to an aromatic ring is 1. The second-order valence-corrected chi connectivity index (χ2v) is 4.39. The number of hydrogen-bond donors (Lipinski definition) is 3. The first-order valence-electron chi connectivity index (χ1n) is 5.04. The molecule has 0 unspecified atom stereocenters. The van der Waals surface area contributed by atoms with Gasteiger partial charge in [0.05, 0.1) is 0 Å². The average molecular weight is 240 g/mol. The van der Waals surface area contributed by atoms with E-state index in [1.165, 1.54) is 0 Å². The fraction of sp³-hybridized carbons (Fsp3) is 0.364. The molecule has 4 N–H and O–H groups in total. The van der Waals surface area contributed by atoms with Crippen LogP contribution in [-0.2, 0) is 0 Å². The van der Waals surface area contributed by atoms with E-state index in [4.69, 9.17) is 10.8 Å². The van der Waals surface area contributed by atoms with Crippen molar-refractivity contribution in [2.75, 3.05) is 25.1 Å². The van der Waals surface area contributed by atoms with Crippen molar-refractivity contribution >= 4 is 23.4 Å². The van der Waals surface area contributed by atoms with Gasteiger partial charge in [-0.3, -0.25) is 4.79 Å². The summed E-state index contributed by atoms with van der Waals surface area (Å²) in [5.41, 5.74) is 7.00. The molecule has 1 aromatic rings. The lowest BCUT2D eigenvalue weighted by atomic mass is 10.2. The zero-order valence-corrected chi connectivity index (χ0v) is 10.0. The lowest BCUT2D eigenvalue weighted by Gasteiger charge is -2.07. The minimum atomic E-state index is -0.140. The fourth-order valence-corrected chi connectivity index (χ4v) is 2.10. The Kier molecular flexibility index (Phi) is 5.14. The maximum atomic E-state index is 11.3. The van der Waals surface area contributed by atoms with Crippen LogP contribution in [0.5, 0.6) is 0 Å². The number of carbonyl (C=O) groups is 1. The van der Waals surface area contributed by atoms with Crippen molar-refractivity contribution in [1.29, 1.82) is 0 Å². The number of aliphatic hydroxyl groups is 1. The Bertz CT molecular complexity index is 369. The molecule has 0 atom stereocenters. The van der Waals surface area contributed by atoms with E-state index in [9.17, 15) is 4.79 Å². The number of nitrogens with two attached hydrogens (primary N) is 1. The third-order valence-corrected chi connectivity index (χ3v) is 3.23. The van der Waals surface area contributed by atoms with Crippen molar-refractivity contribution in [3.05, 3.63) is 23.8 Å². The number of carbonyl (C=O) groups excluding carboxylic acids is 1. The third kappa shape index (κ3) is 3.43. The number of rotatable bonds is 5. The second kappa shape index (κ2) is 6.40. The number of aliphatic hydroxyl groups excluding tert-OH is 1. The fourth-order valence-electron chi connectivity index (χ4n) is 1.21. The van der Waals surface area contributed by atoms with Crippen molar-refractivity contribution < 1.29 is 9.90 Å². The lowest BCUT2D eigenvalue weighted by Crippen LogP contribution is -2.17. The van der Waals surface area contributed by atoms with Gasteiger partial charge in [0.25, 0.3) is 5.91 Å². The summed E-state index contributed by atoms with van der Waals surface area (Å²) in [7, 11) is 1.59. The van der Waals surface area contributed by atoms with Gasteiger partial charge < -0.3 is 16.2 Å². The van der Waals surface area contributed by atoms with Gasteiger partial charge in [0.1, 0.15) is 0 Å². The molecule has 0 fully saturated rings. The molecule has 4 nitrogen and oxygen atoms in total. The van der Waals surface area contributed by atoms with E-state index in [1.807, 2.05) is 6.07 Å². The van der Waals surface area contributed by atoms with Crippen molar-refractivity contribution in [2.45, 2.75) is 11.3 Å². The minimum absolute atomic E-state index is 0.140. The van der Waals surface area contributed by atoms with Gasteiger partial charge in [-0.2, -0.15) is 0 Å². The summed E-state index contributed by atoms with van der Waals surface area (Å²) in [6, 6.07) is 5.25. The Hall–Kier alpha value is -1.20. The first kappa shape index (κ1) is 12.9. The van der Waals surface area contributed by atoms with Gasteiger partial charge in [-0.15, -0.1) is 11.8 Å². The average Bonchev–Trinajstić information content (AvgIpc) is 2.30. The second-order valence-electron chi connectivity index (χ2n) is 3.26. The van der Waals surface area contributed by atoms with Crippen LogP contribution in [0.15, 0.2) is 23.1 Å². The summed E-state index contributed by atoms with van der Waals surface area (Å²) in [6.07, 6.45) is 0.737. The predicted molar refractivity (Wildman–Crippen MR) is 66.7 cm³/mol. The molecular weight excluding hydrogens is 224 g/mol. The maximum Gasteiger partial charge on any atom is 0.251 e. The van der Waals surface area contributed by atoms with E-state index in [-0.39, 0.29) is 12.5 Å². The van der Waals surface area contributed by atoms with E-state index in [2.05, 4.69) is 5.32 Å². The Morgan fingerprint density at radius 1 is 1.56 bits per heavy atom. The Morgan fingerprint density at radius 3 is 2.88 bits per heavy atom. The van der Waals surface area contributed by atoms with Crippen LogP contribution in [0, 0.1) is 0 Å². The van der Waals surface area contributed by atoms with Gasteiger partial charge in [0.2, 0.25) is 0 Å². The molecule has 16 heavy (non-hydrogen) atoms. The van der Waals surface area contributed by atoms with Crippen molar-refractivity contribution in [3.8, 4) is 0 Å². The number of benzene rings is 1. The monoisotopic (exact) mass is 240 g/mol. The quantitative estimate of drug-likeness (QED) is 0.409. The molecule has 1 amide bonds. The van der Waals surface area contributed by atoms with E-state index in [0.29, 0.717) is 11.3 Å². The first-order chi connectivity index (χ1) is 7.69. The van der Waals surface area contributed by atoms with Gasteiger partial charge in [-0.25, -0.2) is 0 Å². The van der Waals surface area contributed by atoms with E-state index < -0.39 is 0 Å². The largest absolute Gasteiger partial charge is 0.398 e. The van der Waals surface area contributed by atoms with Gasteiger partial charge in [-0.1, -0.05) is 0 Å². The molecule has 0 spiro atoms. The molecule has 0 aliphatic rings. The van der Waals surface area contributed by atoms with E-state index in [0.717, 1.165) is 17.1 Å². The molecule has 0 saturated heterocycles. The summed E-state index contributed by atoms with van der Waals surface area (Å²) >= 11 is 1.58. The highest BCUT2D eigenvalue weighted by molar-refractivity contribution is 7.99. The van der Waals surface area contributed by atoms with Crippen LogP contribution < -0.4 is 11.1 Å². The lowest BCUT2D eigenvalue weighted by molar-refractivity contribution is 0.0963. The highest BCUT2D eigenvalue weighted by atomic mass is 32.2. The minimum Gasteiger partial charge on any atom is -0.398 e. The summed E-state index contributed by atoms with van der Waals surface area (Å²) in [4.78, 5) is 12.3. The topological polar surface area (TPSA) is 75.3 Å². The zero-order chi connectivity index (χ0) is 12.0. The molecule has 5 heteroatoms. The van der Waals surface area contributed by atoms with Gasteiger partial charge >= 0.3 is 0 Å². The van der Waals surface area contributed by atoms with E-state index in [1.54, 1.807) is 30.9 Å². The zero-order valence-electron chi connectivity index (χ0n) is 9.19. The molecular formula is C11H16N2O2S. The number of nitrogens with one attached hydrogen (secondary N) is 1. The molecule has 0 aromatic heterocycles. The summed E-state index contributed by atoms with van der Waals surface area (Å²) in [5.74, 6) is 0.679. The van der Waals surface area contributed by atoms with Crippen LogP contribution in [0.25, 0.3) is 0 Å². The summed E-state index contributed by atoms with van der Waals surface area (Å²) in [5, 5.41) is 11.2. The summed E-state index contributed by atoms with van der Waals surface area (Å²) < 4.78 is 0. The molecule has 0 heterocycles. The first-order valence-corrected chi connectivity index (χ1v) is 6.03. The Balaban J connectivity index is 2.71. The van der Waals surface area contributed by atoms with Crippen molar-refractivity contribution in [2.24, 2.45) is 0 Å². The van der Waals surface area contributed by atoms with Crippen LogP contribution in [0.1, 0.15) is 16.8 Å².